The van der Waals surface area contributed by atoms with Crippen LogP contribution in [-0.4, -0.2) is 40.2 Å². The second-order valence-corrected chi connectivity index (χ2v) is 5.53. The number of urea groups is 1. The van der Waals surface area contributed by atoms with E-state index in [2.05, 4.69) is 5.32 Å². The Morgan fingerprint density at radius 1 is 1.41 bits per heavy atom. The van der Waals surface area contributed by atoms with Gasteiger partial charge in [-0.1, -0.05) is 0 Å². The number of carbonyl (C=O) groups is 2. The van der Waals surface area contributed by atoms with Gasteiger partial charge < -0.3 is 19.9 Å². The Morgan fingerprint density at radius 2 is 2.23 bits per heavy atom. The molecule has 1 aliphatic rings. The monoisotopic (exact) mass is 320 g/mol. The molecule has 0 saturated carbocycles. The molecule has 0 bridgehead atoms. The summed E-state index contributed by atoms with van der Waals surface area (Å²) in [7, 11) is 0. The molecular formula is C14H12N2O5S. The number of carboxylic acid groups (broad SMARTS) is 1. The third-order valence-electron chi connectivity index (χ3n) is 3.26. The highest BCUT2D eigenvalue weighted by atomic mass is 32.1. The molecule has 0 unspecified atom stereocenters. The van der Waals surface area contributed by atoms with Crippen molar-refractivity contribution in [2.75, 3.05) is 13.1 Å². The number of hydrogen-bond acceptors (Lipinski definition) is 5. The van der Waals surface area contributed by atoms with Crippen molar-refractivity contribution in [2.45, 2.75) is 0 Å². The van der Waals surface area contributed by atoms with Crippen LogP contribution in [0.15, 0.2) is 34.5 Å². The highest BCUT2D eigenvalue weighted by Gasteiger charge is 2.26. The van der Waals surface area contributed by atoms with E-state index >= 15 is 0 Å². The normalized spacial score (nSPS) is 13.9. The number of nitrogens with one attached hydrogen (secondary N) is 1. The third kappa shape index (κ3) is 2.44. The second-order valence-electron chi connectivity index (χ2n) is 4.62. The lowest BCUT2D eigenvalue weighted by molar-refractivity contribution is -0.135. The molecular weight excluding hydrogens is 308 g/mol. The maximum atomic E-state index is 12.1. The van der Waals surface area contributed by atoms with Crippen LogP contribution in [0.5, 0.6) is 0 Å². The van der Waals surface area contributed by atoms with Crippen molar-refractivity contribution in [3.63, 3.8) is 0 Å². The summed E-state index contributed by atoms with van der Waals surface area (Å²) in [4.78, 5) is 23.8. The number of aliphatic carboxylic acids is 1. The molecule has 7 nitrogen and oxygen atoms in total. The molecule has 22 heavy (non-hydrogen) atoms. The molecule has 2 amide bonds. The van der Waals surface area contributed by atoms with Crippen LogP contribution in [0.4, 0.5) is 4.79 Å². The van der Waals surface area contributed by atoms with Gasteiger partial charge in [-0.05, 0) is 17.5 Å². The van der Waals surface area contributed by atoms with Gasteiger partial charge in [0.15, 0.2) is 0 Å². The Morgan fingerprint density at radius 3 is 2.91 bits per heavy atom. The van der Waals surface area contributed by atoms with Crippen molar-refractivity contribution >= 4 is 34.8 Å². The molecule has 3 heterocycles. The van der Waals surface area contributed by atoms with Gasteiger partial charge in [-0.3, -0.25) is 9.69 Å². The SMILES string of the molecule is O=C(O)CNC(=O)N1CC(c2ccoc2)=c2sccc2=C1O. The lowest BCUT2D eigenvalue weighted by Gasteiger charge is -2.25. The Hall–Kier alpha value is -2.74. The molecule has 2 aromatic heterocycles. The molecule has 0 aliphatic carbocycles. The number of aliphatic hydroxyl groups is 1. The Bertz CT molecular complexity index is 837. The van der Waals surface area contributed by atoms with Crippen molar-refractivity contribution in [1.29, 1.82) is 0 Å². The quantitative estimate of drug-likeness (QED) is 0.753. The van der Waals surface area contributed by atoms with Gasteiger partial charge in [0.2, 0.25) is 5.88 Å². The second kappa shape index (κ2) is 5.57. The minimum Gasteiger partial charge on any atom is -0.494 e. The van der Waals surface area contributed by atoms with Crippen LogP contribution in [-0.2, 0) is 4.79 Å². The number of carbonyl (C=O) groups excluding carboxylic acids is 1. The molecule has 0 fully saturated rings. The maximum absolute atomic E-state index is 12.1. The van der Waals surface area contributed by atoms with Crippen LogP contribution >= 0.6 is 11.3 Å². The first kappa shape index (κ1) is 14.2. The zero-order chi connectivity index (χ0) is 15.7. The van der Waals surface area contributed by atoms with Gasteiger partial charge in [0, 0.05) is 15.7 Å². The summed E-state index contributed by atoms with van der Waals surface area (Å²) in [6.45, 7) is -0.384. The van der Waals surface area contributed by atoms with Crippen molar-refractivity contribution in [1.82, 2.24) is 10.2 Å². The summed E-state index contributed by atoms with van der Waals surface area (Å²) in [5, 5.41) is 23.5. The maximum Gasteiger partial charge on any atom is 0.325 e. The van der Waals surface area contributed by atoms with Crippen molar-refractivity contribution in [2.24, 2.45) is 0 Å². The molecule has 0 atom stereocenters. The molecule has 3 rings (SSSR count). The summed E-state index contributed by atoms with van der Waals surface area (Å²) >= 11 is 1.46. The van der Waals surface area contributed by atoms with Crippen molar-refractivity contribution < 1.29 is 24.2 Å². The number of thiophene rings is 1. The van der Waals surface area contributed by atoms with E-state index in [9.17, 15) is 14.7 Å². The molecule has 0 radical (unpaired) electrons. The van der Waals surface area contributed by atoms with Crippen LogP contribution in [0.25, 0.3) is 11.5 Å². The molecule has 8 heteroatoms. The third-order valence-corrected chi connectivity index (χ3v) is 4.23. The molecule has 1 aliphatic heterocycles. The predicted octanol–water partition coefficient (Wildman–Crippen LogP) is 0.274. The first-order chi connectivity index (χ1) is 10.6. The van der Waals surface area contributed by atoms with Crippen LogP contribution in [0.3, 0.4) is 0 Å². The summed E-state index contributed by atoms with van der Waals surface area (Å²) in [5.74, 6) is -1.34. The minimum atomic E-state index is -1.15. The molecule has 0 spiro atoms. The lowest BCUT2D eigenvalue weighted by Crippen LogP contribution is -2.48. The number of hydrogen-bond donors (Lipinski definition) is 3. The molecule has 2 aromatic rings. The van der Waals surface area contributed by atoms with E-state index in [0.717, 1.165) is 20.6 Å². The molecule has 0 aromatic carbocycles. The fraction of sp³-hybridized carbons (Fsp3) is 0.143. The number of amides is 2. The number of fused-ring (bicyclic) bond motifs is 1. The van der Waals surface area contributed by atoms with E-state index in [4.69, 9.17) is 9.52 Å². The number of furan rings is 1. The predicted molar refractivity (Wildman–Crippen MR) is 78.6 cm³/mol. The zero-order valence-corrected chi connectivity index (χ0v) is 12.1. The van der Waals surface area contributed by atoms with Crippen molar-refractivity contribution in [3.05, 3.63) is 45.4 Å². The van der Waals surface area contributed by atoms with Crippen LogP contribution in [0, 0.1) is 0 Å². The van der Waals surface area contributed by atoms with Crippen LogP contribution in [0.2, 0.25) is 0 Å². The number of rotatable bonds is 3. The minimum absolute atomic E-state index is 0.129. The molecule has 0 saturated heterocycles. The molecule has 3 N–H and O–H groups in total. The topological polar surface area (TPSA) is 103 Å². The van der Waals surface area contributed by atoms with Gasteiger partial charge in [-0.15, -0.1) is 11.3 Å². The lowest BCUT2D eigenvalue weighted by atomic mass is 10.1. The van der Waals surface area contributed by atoms with Gasteiger partial charge in [0.1, 0.15) is 6.54 Å². The van der Waals surface area contributed by atoms with E-state index in [0.29, 0.717) is 5.22 Å². The number of nitrogens with zero attached hydrogens (tertiary/aromatic N) is 1. The fourth-order valence-electron chi connectivity index (χ4n) is 2.24. The highest BCUT2D eigenvalue weighted by Crippen LogP contribution is 2.18. The summed E-state index contributed by atoms with van der Waals surface area (Å²) < 4.78 is 5.94. The standard InChI is InChI=1S/C14H12N2O5S/c17-11(18)5-15-14(20)16-6-10(8-1-3-21-7-8)12-9(13(16)19)2-4-22-12/h1-4,7,19H,5-6H2,(H,15,20)(H,17,18). The Balaban J connectivity index is 2.02. The Kier molecular flexibility index (Phi) is 3.60. The zero-order valence-electron chi connectivity index (χ0n) is 11.3. The number of aliphatic hydroxyl groups excluding tert-OH is 1. The number of carboxylic acids is 1. The van der Waals surface area contributed by atoms with E-state index in [1.54, 1.807) is 18.4 Å². The molecule has 114 valence electrons. The largest absolute Gasteiger partial charge is 0.494 e. The summed E-state index contributed by atoms with van der Waals surface area (Å²) in [6.07, 6.45) is 3.09. The average molecular weight is 320 g/mol. The van der Waals surface area contributed by atoms with Gasteiger partial charge in [-0.2, -0.15) is 0 Å². The van der Waals surface area contributed by atoms with Gasteiger partial charge >= 0.3 is 12.0 Å². The van der Waals surface area contributed by atoms with E-state index in [1.165, 1.54) is 17.6 Å². The Labute approximate surface area is 128 Å². The summed E-state index contributed by atoms with van der Waals surface area (Å²) in [5.41, 5.74) is 1.65. The van der Waals surface area contributed by atoms with Crippen LogP contribution in [0.1, 0.15) is 5.56 Å². The first-order valence-electron chi connectivity index (χ1n) is 6.37. The van der Waals surface area contributed by atoms with Crippen molar-refractivity contribution in [3.8, 4) is 0 Å². The van der Waals surface area contributed by atoms with E-state index in [-0.39, 0.29) is 12.4 Å². The van der Waals surface area contributed by atoms with Gasteiger partial charge in [0.25, 0.3) is 0 Å². The smallest absolute Gasteiger partial charge is 0.325 e. The first-order valence-corrected chi connectivity index (χ1v) is 7.25. The van der Waals surface area contributed by atoms with E-state index in [1.807, 2.05) is 5.38 Å². The van der Waals surface area contributed by atoms with Gasteiger partial charge in [-0.25, -0.2) is 4.79 Å². The van der Waals surface area contributed by atoms with Gasteiger partial charge in [0.05, 0.1) is 24.3 Å². The summed E-state index contributed by atoms with van der Waals surface area (Å²) in [6, 6.07) is 2.82. The highest BCUT2D eigenvalue weighted by molar-refractivity contribution is 7.07. The fourth-order valence-corrected chi connectivity index (χ4v) is 3.19. The average Bonchev–Trinajstić information content (AvgIpc) is 3.16. The van der Waals surface area contributed by atoms with E-state index < -0.39 is 18.5 Å². The van der Waals surface area contributed by atoms with Crippen LogP contribution < -0.4 is 15.1 Å².